The minimum Gasteiger partial charge on any atom is -0.503 e. The van der Waals surface area contributed by atoms with Crippen LogP contribution in [0.1, 0.15) is 43.6 Å². The van der Waals surface area contributed by atoms with E-state index in [1.807, 2.05) is 31.2 Å². The van der Waals surface area contributed by atoms with E-state index in [2.05, 4.69) is 32.7 Å². The molecule has 0 amide bonds. The van der Waals surface area contributed by atoms with E-state index < -0.39 is 0 Å². The smallest absolute Gasteiger partial charge is 0.177 e. The van der Waals surface area contributed by atoms with Crippen LogP contribution in [0.15, 0.2) is 39.9 Å². The molecule has 8 heteroatoms. The molecule has 0 unspecified atom stereocenters. The second-order valence-electron chi connectivity index (χ2n) is 6.71. The molecule has 5 nitrogen and oxygen atoms in total. The van der Waals surface area contributed by atoms with Gasteiger partial charge in [0.25, 0.3) is 0 Å². The molecular formula is C20H21BrClN3O2S. The summed E-state index contributed by atoms with van der Waals surface area (Å²) < 4.78 is 6.32. The molecule has 3 atom stereocenters. The summed E-state index contributed by atoms with van der Waals surface area (Å²) in [7, 11) is 0. The number of hydrogen-bond acceptors (Lipinski definition) is 6. The molecule has 1 N–H and O–H groups in total. The van der Waals surface area contributed by atoms with Gasteiger partial charge < -0.3 is 14.7 Å². The Morgan fingerprint density at radius 3 is 2.89 bits per heavy atom. The number of hydrogen-bond donors (Lipinski definition) is 1. The molecule has 0 aliphatic carbocycles. The Kier molecular flexibility index (Phi) is 5.76. The fourth-order valence-electron chi connectivity index (χ4n) is 3.78. The van der Waals surface area contributed by atoms with Crippen LogP contribution in [0.3, 0.4) is 0 Å². The monoisotopic (exact) mass is 481 g/mol. The number of phenolic OH excluding ortho intramolecular Hbond substituents is 1. The van der Waals surface area contributed by atoms with Crippen molar-refractivity contribution in [3.8, 4) is 11.5 Å². The number of pyridine rings is 1. The normalized spacial score (nSPS) is 23.6. The Morgan fingerprint density at radius 2 is 2.21 bits per heavy atom. The van der Waals surface area contributed by atoms with Gasteiger partial charge >= 0.3 is 0 Å². The van der Waals surface area contributed by atoms with Crippen molar-refractivity contribution in [1.29, 1.82) is 0 Å². The number of ether oxygens (including phenoxy) is 1. The van der Waals surface area contributed by atoms with Gasteiger partial charge in [0.2, 0.25) is 0 Å². The molecule has 148 valence electrons. The summed E-state index contributed by atoms with van der Waals surface area (Å²) in [5.41, 5.74) is 1.86. The Morgan fingerprint density at radius 1 is 1.39 bits per heavy atom. The van der Waals surface area contributed by atoms with Crippen LogP contribution in [0.5, 0.6) is 11.5 Å². The highest BCUT2D eigenvalue weighted by molar-refractivity contribution is 9.10. The first-order valence-electron chi connectivity index (χ1n) is 9.30. The lowest BCUT2D eigenvalue weighted by Gasteiger charge is -2.33. The molecule has 28 heavy (non-hydrogen) atoms. The standard InChI is InChI=1S/C20H21BrClN3O2S/c1-3-11-10-28-20-24-17(13-7-5-6-8-23-13)18(25(11)20)12-9-14(27-4-2)19(26)16(22)15(12)21/h5-9,11,17-18,26H,3-4,10H2,1-2H3/t11-,17-,18-/m1/s1. The third-order valence-corrected chi connectivity index (χ3v) is 7.70. The summed E-state index contributed by atoms with van der Waals surface area (Å²) in [5, 5.41) is 11.7. The highest BCUT2D eigenvalue weighted by atomic mass is 79.9. The van der Waals surface area contributed by atoms with E-state index in [4.69, 9.17) is 21.3 Å². The topological polar surface area (TPSA) is 58.0 Å². The zero-order valence-electron chi connectivity index (χ0n) is 15.6. The number of aromatic hydroxyl groups is 1. The van der Waals surface area contributed by atoms with Crippen molar-refractivity contribution < 1.29 is 9.84 Å². The highest BCUT2D eigenvalue weighted by Crippen LogP contribution is 2.53. The molecular weight excluding hydrogens is 462 g/mol. The van der Waals surface area contributed by atoms with E-state index in [1.165, 1.54) is 0 Å². The SMILES string of the molecule is CCOc1cc([C@@H]2[C@@H](c3ccccn3)N=C3SC[C@@H](CC)N32)c(Br)c(Cl)c1O. The minimum absolute atomic E-state index is 0.0458. The van der Waals surface area contributed by atoms with Crippen molar-refractivity contribution in [2.45, 2.75) is 38.4 Å². The summed E-state index contributed by atoms with van der Waals surface area (Å²) in [6.07, 6.45) is 2.82. The maximum absolute atomic E-state index is 10.4. The number of nitrogens with zero attached hydrogens (tertiary/aromatic N) is 3. The predicted octanol–water partition coefficient (Wildman–Crippen LogP) is 5.58. The van der Waals surface area contributed by atoms with Gasteiger partial charge in [-0.2, -0.15) is 0 Å². The van der Waals surface area contributed by atoms with Crippen LogP contribution in [-0.4, -0.2) is 38.6 Å². The van der Waals surface area contributed by atoms with E-state index in [1.54, 1.807) is 18.0 Å². The van der Waals surface area contributed by atoms with Gasteiger partial charge in [0.15, 0.2) is 16.7 Å². The second kappa shape index (κ2) is 8.13. The van der Waals surface area contributed by atoms with Crippen molar-refractivity contribution in [2.75, 3.05) is 12.4 Å². The maximum atomic E-state index is 10.4. The molecule has 2 aliphatic rings. The lowest BCUT2D eigenvalue weighted by atomic mass is 9.95. The minimum atomic E-state index is -0.149. The Hall–Kier alpha value is -1.44. The number of amidine groups is 1. The zero-order chi connectivity index (χ0) is 19.8. The van der Waals surface area contributed by atoms with Crippen LogP contribution in [0.4, 0.5) is 0 Å². The van der Waals surface area contributed by atoms with Gasteiger partial charge in [-0.1, -0.05) is 36.4 Å². The third kappa shape index (κ3) is 3.27. The number of aromatic nitrogens is 1. The summed E-state index contributed by atoms with van der Waals surface area (Å²) in [6.45, 7) is 4.52. The van der Waals surface area contributed by atoms with Crippen molar-refractivity contribution in [1.82, 2.24) is 9.88 Å². The largest absolute Gasteiger partial charge is 0.503 e. The van der Waals surface area contributed by atoms with Crippen molar-refractivity contribution in [2.24, 2.45) is 4.99 Å². The summed E-state index contributed by atoms with van der Waals surface area (Å²) in [6, 6.07) is 7.95. The number of aliphatic imine (C=N–C) groups is 1. The number of phenols is 1. The van der Waals surface area contributed by atoms with Gasteiger partial charge in [-0.3, -0.25) is 9.98 Å². The van der Waals surface area contributed by atoms with Crippen molar-refractivity contribution in [3.05, 3.63) is 51.2 Å². The van der Waals surface area contributed by atoms with Crippen LogP contribution >= 0.6 is 39.3 Å². The van der Waals surface area contributed by atoms with E-state index in [0.29, 0.717) is 22.9 Å². The molecule has 2 aliphatic heterocycles. The molecule has 0 spiro atoms. The summed E-state index contributed by atoms with van der Waals surface area (Å²) >= 11 is 11.9. The van der Waals surface area contributed by atoms with Crippen LogP contribution < -0.4 is 4.74 Å². The lowest BCUT2D eigenvalue weighted by molar-refractivity contribution is 0.253. The number of halogens is 2. The summed E-state index contributed by atoms with van der Waals surface area (Å²) in [5.74, 6) is 1.36. The van der Waals surface area contributed by atoms with Gasteiger partial charge in [0.05, 0.1) is 18.3 Å². The molecule has 3 heterocycles. The average molecular weight is 483 g/mol. The van der Waals surface area contributed by atoms with Crippen LogP contribution in [0.25, 0.3) is 0 Å². The first kappa shape index (κ1) is 19.9. The van der Waals surface area contributed by atoms with Gasteiger partial charge in [0.1, 0.15) is 11.1 Å². The second-order valence-corrected chi connectivity index (χ2v) is 8.87. The molecule has 1 fully saturated rings. The number of thioether (sulfide) groups is 1. The Labute approximate surface area is 182 Å². The summed E-state index contributed by atoms with van der Waals surface area (Å²) in [4.78, 5) is 12.0. The number of benzene rings is 1. The van der Waals surface area contributed by atoms with E-state index in [-0.39, 0.29) is 22.9 Å². The molecule has 4 rings (SSSR count). The highest BCUT2D eigenvalue weighted by Gasteiger charge is 2.46. The fraction of sp³-hybridized carbons (Fsp3) is 0.400. The molecule has 2 aromatic rings. The molecule has 1 aromatic heterocycles. The van der Waals surface area contributed by atoms with Crippen LogP contribution in [0, 0.1) is 0 Å². The van der Waals surface area contributed by atoms with Gasteiger partial charge in [-0.15, -0.1) is 0 Å². The molecule has 0 bridgehead atoms. The Bertz CT molecular complexity index is 912. The molecule has 0 saturated carbocycles. The van der Waals surface area contributed by atoms with Gasteiger partial charge in [0, 0.05) is 22.5 Å². The molecule has 1 aromatic carbocycles. The van der Waals surface area contributed by atoms with Crippen molar-refractivity contribution in [3.63, 3.8) is 0 Å². The van der Waals surface area contributed by atoms with Crippen LogP contribution in [0.2, 0.25) is 5.02 Å². The average Bonchev–Trinajstić information content (AvgIpc) is 3.28. The van der Waals surface area contributed by atoms with Gasteiger partial charge in [-0.05, 0) is 53.0 Å². The van der Waals surface area contributed by atoms with Gasteiger partial charge in [-0.25, -0.2) is 0 Å². The first-order chi connectivity index (χ1) is 13.6. The fourth-order valence-corrected chi connectivity index (χ4v) is 5.86. The Balaban J connectivity index is 1.87. The third-order valence-electron chi connectivity index (χ3n) is 5.12. The maximum Gasteiger partial charge on any atom is 0.177 e. The zero-order valence-corrected chi connectivity index (χ0v) is 18.8. The first-order valence-corrected chi connectivity index (χ1v) is 11.5. The number of fused-ring (bicyclic) bond motifs is 1. The van der Waals surface area contributed by atoms with E-state index >= 15 is 0 Å². The molecule has 0 radical (unpaired) electrons. The van der Waals surface area contributed by atoms with Crippen molar-refractivity contribution >= 4 is 44.5 Å². The predicted molar refractivity (Wildman–Crippen MR) is 118 cm³/mol. The van der Waals surface area contributed by atoms with Crippen LogP contribution in [-0.2, 0) is 0 Å². The molecule has 1 saturated heterocycles. The van der Waals surface area contributed by atoms with E-state index in [0.717, 1.165) is 28.6 Å². The van der Waals surface area contributed by atoms with E-state index in [9.17, 15) is 5.11 Å². The quantitative estimate of drug-likeness (QED) is 0.603. The lowest BCUT2D eigenvalue weighted by Crippen LogP contribution is -2.35. The number of rotatable bonds is 5.